The lowest BCUT2D eigenvalue weighted by Crippen LogP contribution is -2.29. The highest BCUT2D eigenvalue weighted by atomic mass is 16.4. The van der Waals surface area contributed by atoms with Gasteiger partial charge in [-0.15, -0.1) is 0 Å². The topological polar surface area (TPSA) is 86.6 Å². The lowest BCUT2D eigenvalue weighted by molar-refractivity contribution is -0.139. The summed E-state index contributed by atoms with van der Waals surface area (Å²) in [4.78, 5) is 22.5. The molecule has 1 unspecified atom stereocenters. The Morgan fingerprint density at radius 2 is 1.90 bits per heavy atom. The largest absolute Gasteiger partial charge is 0.480 e. The molecule has 0 aromatic heterocycles. The molecule has 2 rings (SSSR count). The number of carboxylic acid groups (broad SMARTS) is 2. The molecule has 1 aromatic carbocycles. The van der Waals surface area contributed by atoms with E-state index in [1.165, 1.54) is 0 Å². The third-order valence-electron chi connectivity index (χ3n) is 4.02. The summed E-state index contributed by atoms with van der Waals surface area (Å²) in [6, 6.07) is 4.89. The van der Waals surface area contributed by atoms with Gasteiger partial charge in [-0.1, -0.05) is 32.9 Å². The molecule has 3 N–H and O–H groups in total. The molecule has 0 amide bonds. The van der Waals surface area contributed by atoms with Gasteiger partial charge in [-0.2, -0.15) is 0 Å². The summed E-state index contributed by atoms with van der Waals surface area (Å²) >= 11 is 0. The first-order valence-corrected chi connectivity index (χ1v) is 7.04. The van der Waals surface area contributed by atoms with Gasteiger partial charge in [0.25, 0.3) is 0 Å². The molecule has 1 aliphatic rings. The van der Waals surface area contributed by atoms with Crippen LogP contribution in [0, 0.1) is 0 Å². The minimum atomic E-state index is -0.963. The standard InChI is InChI=1S/C16H21NO4/c1-16(2,3)10-4-5-11(12(7-10)14(18)19)9-6-13(15(20)21)17-8-9/h4-5,7,9,13,17H,6,8H2,1-3H3,(H,18,19)(H,20,21)/t9-,13?/m0/s1. The Morgan fingerprint density at radius 3 is 2.38 bits per heavy atom. The number of hydrogen-bond donors (Lipinski definition) is 3. The van der Waals surface area contributed by atoms with E-state index in [2.05, 4.69) is 5.32 Å². The summed E-state index contributed by atoms with van der Waals surface area (Å²) in [5.74, 6) is -1.93. The van der Waals surface area contributed by atoms with Crippen molar-refractivity contribution >= 4 is 11.9 Å². The van der Waals surface area contributed by atoms with Crippen LogP contribution in [0.2, 0.25) is 0 Å². The molecule has 0 radical (unpaired) electrons. The van der Waals surface area contributed by atoms with Crippen molar-refractivity contribution < 1.29 is 19.8 Å². The van der Waals surface area contributed by atoms with Gasteiger partial charge in [-0.25, -0.2) is 4.79 Å². The SMILES string of the molecule is CC(C)(C)c1ccc([C@@H]2CNC(C(=O)O)C2)c(C(=O)O)c1. The van der Waals surface area contributed by atoms with Crippen molar-refractivity contribution in [1.29, 1.82) is 0 Å². The van der Waals surface area contributed by atoms with E-state index in [4.69, 9.17) is 5.11 Å². The molecule has 0 aliphatic carbocycles. The van der Waals surface area contributed by atoms with E-state index in [0.29, 0.717) is 18.5 Å². The number of nitrogens with one attached hydrogen (secondary N) is 1. The highest BCUT2D eigenvalue weighted by Crippen LogP contribution is 2.32. The number of hydrogen-bond acceptors (Lipinski definition) is 3. The maximum Gasteiger partial charge on any atom is 0.335 e. The summed E-state index contributed by atoms with van der Waals surface area (Å²) in [5, 5.41) is 21.4. The molecule has 1 fully saturated rings. The summed E-state index contributed by atoms with van der Waals surface area (Å²) in [7, 11) is 0. The highest BCUT2D eigenvalue weighted by molar-refractivity contribution is 5.90. The molecule has 5 heteroatoms. The molecule has 1 heterocycles. The number of aliphatic carboxylic acids is 1. The van der Waals surface area contributed by atoms with Crippen LogP contribution in [0.15, 0.2) is 18.2 Å². The van der Waals surface area contributed by atoms with E-state index in [1.54, 1.807) is 6.07 Å². The van der Waals surface area contributed by atoms with Crippen molar-refractivity contribution in [2.75, 3.05) is 6.54 Å². The lowest BCUT2D eigenvalue weighted by atomic mass is 9.83. The average Bonchev–Trinajstić information content (AvgIpc) is 2.86. The molecule has 1 aromatic rings. The third kappa shape index (κ3) is 3.24. The van der Waals surface area contributed by atoms with Crippen LogP contribution < -0.4 is 5.32 Å². The van der Waals surface area contributed by atoms with Crippen LogP contribution in [-0.2, 0) is 10.2 Å². The van der Waals surface area contributed by atoms with Gasteiger partial charge in [0.15, 0.2) is 0 Å². The Labute approximate surface area is 124 Å². The number of rotatable bonds is 3. The molecular weight excluding hydrogens is 270 g/mol. The number of carboxylic acids is 2. The zero-order chi connectivity index (χ0) is 15.8. The molecule has 2 atom stereocenters. The molecule has 0 bridgehead atoms. The van der Waals surface area contributed by atoms with E-state index in [0.717, 1.165) is 5.56 Å². The average molecular weight is 291 g/mol. The van der Waals surface area contributed by atoms with Crippen molar-refractivity contribution in [1.82, 2.24) is 5.32 Å². The number of benzene rings is 1. The first kappa shape index (κ1) is 15.5. The van der Waals surface area contributed by atoms with Gasteiger partial charge in [-0.05, 0) is 34.9 Å². The minimum Gasteiger partial charge on any atom is -0.480 e. The molecule has 0 spiro atoms. The molecule has 5 nitrogen and oxygen atoms in total. The van der Waals surface area contributed by atoms with Crippen molar-refractivity contribution in [3.8, 4) is 0 Å². The van der Waals surface area contributed by atoms with E-state index < -0.39 is 18.0 Å². The third-order valence-corrected chi connectivity index (χ3v) is 4.02. The van der Waals surface area contributed by atoms with Gasteiger partial charge in [0.1, 0.15) is 6.04 Å². The Hall–Kier alpha value is -1.88. The van der Waals surface area contributed by atoms with Gasteiger partial charge < -0.3 is 15.5 Å². The zero-order valence-corrected chi connectivity index (χ0v) is 12.5. The molecule has 1 saturated heterocycles. The monoisotopic (exact) mass is 291 g/mol. The Bertz CT molecular complexity index is 574. The van der Waals surface area contributed by atoms with Gasteiger partial charge in [0.2, 0.25) is 0 Å². The van der Waals surface area contributed by atoms with Crippen LogP contribution >= 0.6 is 0 Å². The van der Waals surface area contributed by atoms with Crippen LogP contribution in [0.3, 0.4) is 0 Å². The zero-order valence-electron chi connectivity index (χ0n) is 12.5. The summed E-state index contributed by atoms with van der Waals surface area (Å²) in [5.41, 5.74) is 1.83. The molecule has 21 heavy (non-hydrogen) atoms. The van der Waals surface area contributed by atoms with Crippen molar-refractivity contribution in [3.05, 3.63) is 34.9 Å². The quantitative estimate of drug-likeness (QED) is 0.795. The van der Waals surface area contributed by atoms with Gasteiger partial charge in [0, 0.05) is 6.54 Å². The van der Waals surface area contributed by atoms with Crippen molar-refractivity contribution in [2.45, 2.75) is 44.6 Å². The van der Waals surface area contributed by atoms with Crippen LogP contribution in [-0.4, -0.2) is 34.7 Å². The number of aromatic carboxylic acids is 1. The van der Waals surface area contributed by atoms with Crippen LogP contribution in [0.5, 0.6) is 0 Å². The fraction of sp³-hybridized carbons (Fsp3) is 0.500. The predicted molar refractivity (Wildman–Crippen MR) is 78.9 cm³/mol. The predicted octanol–water partition coefficient (Wildman–Crippen LogP) is 2.21. The first-order chi connectivity index (χ1) is 9.70. The fourth-order valence-corrected chi connectivity index (χ4v) is 2.72. The minimum absolute atomic E-state index is 0.0776. The Kier molecular flexibility index (Phi) is 4.05. The molecular formula is C16H21NO4. The molecule has 1 aliphatic heterocycles. The van der Waals surface area contributed by atoms with Crippen molar-refractivity contribution in [3.63, 3.8) is 0 Å². The summed E-state index contributed by atoms with van der Waals surface area (Å²) in [6.45, 7) is 6.59. The smallest absolute Gasteiger partial charge is 0.335 e. The second-order valence-electron chi connectivity index (χ2n) is 6.59. The van der Waals surface area contributed by atoms with E-state index in [1.807, 2.05) is 32.9 Å². The Balaban J connectivity index is 2.36. The van der Waals surface area contributed by atoms with Gasteiger partial charge in [0.05, 0.1) is 5.56 Å². The lowest BCUT2D eigenvalue weighted by Gasteiger charge is -2.22. The van der Waals surface area contributed by atoms with Gasteiger partial charge in [-0.3, -0.25) is 4.79 Å². The second-order valence-corrected chi connectivity index (χ2v) is 6.59. The van der Waals surface area contributed by atoms with Crippen molar-refractivity contribution in [2.24, 2.45) is 0 Å². The van der Waals surface area contributed by atoms with Crippen LogP contribution in [0.1, 0.15) is 54.6 Å². The van der Waals surface area contributed by atoms with Gasteiger partial charge >= 0.3 is 11.9 Å². The molecule has 0 saturated carbocycles. The summed E-state index contributed by atoms with van der Waals surface area (Å²) in [6.07, 6.45) is 0.421. The maximum atomic E-state index is 11.5. The Morgan fingerprint density at radius 1 is 1.24 bits per heavy atom. The van der Waals surface area contributed by atoms with E-state index in [-0.39, 0.29) is 16.9 Å². The fourth-order valence-electron chi connectivity index (χ4n) is 2.72. The molecule has 114 valence electrons. The first-order valence-electron chi connectivity index (χ1n) is 7.04. The normalized spacial score (nSPS) is 22.2. The maximum absolute atomic E-state index is 11.5. The van der Waals surface area contributed by atoms with Crippen LogP contribution in [0.25, 0.3) is 0 Å². The van der Waals surface area contributed by atoms with Crippen LogP contribution in [0.4, 0.5) is 0 Å². The van der Waals surface area contributed by atoms with E-state index in [9.17, 15) is 14.7 Å². The summed E-state index contributed by atoms with van der Waals surface area (Å²) < 4.78 is 0. The highest BCUT2D eigenvalue weighted by Gasteiger charge is 2.32. The second kappa shape index (κ2) is 5.48. The number of carbonyl (C=O) groups is 2. The van der Waals surface area contributed by atoms with E-state index >= 15 is 0 Å².